The maximum Gasteiger partial charge on any atom is 0.252 e. The van der Waals surface area contributed by atoms with Crippen molar-refractivity contribution in [3.63, 3.8) is 0 Å². The summed E-state index contributed by atoms with van der Waals surface area (Å²) >= 11 is 1.75. The van der Waals surface area contributed by atoms with E-state index in [1.807, 2.05) is 5.38 Å². The molecule has 0 aliphatic heterocycles. The van der Waals surface area contributed by atoms with E-state index in [4.69, 9.17) is 0 Å². The predicted molar refractivity (Wildman–Crippen MR) is 105 cm³/mol. The molecule has 2 aromatic rings. The SMILES string of the molecule is CCN(CC)Cc1ccc(CNC(=O)c2csc3c2CCCC3)cc1. The highest BCUT2D eigenvalue weighted by Gasteiger charge is 2.19. The standard InChI is InChI=1S/C21H28N2OS/c1-3-23(4-2)14-17-11-9-16(10-12-17)13-22-21(24)19-15-25-20-8-6-5-7-18(19)20/h9-12,15H,3-8,13-14H2,1-2H3,(H,22,24). The van der Waals surface area contributed by atoms with Crippen LogP contribution in [0.15, 0.2) is 29.6 Å². The van der Waals surface area contributed by atoms with Gasteiger partial charge < -0.3 is 5.32 Å². The van der Waals surface area contributed by atoms with Crippen LogP contribution in [-0.4, -0.2) is 23.9 Å². The monoisotopic (exact) mass is 356 g/mol. The van der Waals surface area contributed by atoms with E-state index in [-0.39, 0.29) is 5.91 Å². The first kappa shape index (κ1) is 18.2. The number of hydrogen-bond donors (Lipinski definition) is 1. The van der Waals surface area contributed by atoms with Gasteiger partial charge in [-0.2, -0.15) is 0 Å². The predicted octanol–water partition coefficient (Wildman–Crippen LogP) is 4.40. The molecule has 1 aromatic heterocycles. The van der Waals surface area contributed by atoms with E-state index in [0.29, 0.717) is 6.54 Å². The Bertz CT molecular complexity index is 701. The molecule has 25 heavy (non-hydrogen) atoms. The van der Waals surface area contributed by atoms with E-state index in [0.717, 1.165) is 43.6 Å². The second-order valence-corrected chi connectivity index (χ2v) is 7.68. The number of nitrogens with one attached hydrogen (secondary N) is 1. The van der Waals surface area contributed by atoms with Crippen molar-refractivity contribution in [2.24, 2.45) is 0 Å². The number of fused-ring (bicyclic) bond motifs is 1. The first-order valence-corrected chi connectivity index (χ1v) is 10.3. The van der Waals surface area contributed by atoms with Gasteiger partial charge in [-0.25, -0.2) is 0 Å². The van der Waals surface area contributed by atoms with Crippen molar-refractivity contribution in [2.45, 2.75) is 52.6 Å². The highest BCUT2D eigenvalue weighted by Crippen LogP contribution is 2.30. The van der Waals surface area contributed by atoms with E-state index < -0.39 is 0 Å². The van der Waals surface area contributed by atoms with Crippen molar-refractivity contribution >= 4 is 17.2 Å². The first-order chi connectivity index (χ1) is 12.2. The molecule has 0 saturated heterocycles. The van der Waals surface area contributed by atoms with Gasteiger partial charge in [0.2, 0.25) is 0 Å². The first-order valence-electron chi connectivity index (χ1n) is 9.38. The number of nitrogens with zero attached hydrogens (tertiary/aromatic N) is 1. The van der Waals surface area contributed by atoms with Crippen LogP contribution in [-0.2, 0) is 25.9 Å². The van der Waals surface area contributed by atoms with E-state index >= 15 is 0 Å². The quantitative estimate of drug-likeness (QED) is 0.797. The van der Waals surface area contributed by atoms with Crippen molar-refractivity contribution in [2.75, 3.05) is 13.1 Å². The minimum Gasteiger partial charge on any atom is -0.348 e. The average Bonchev–Trinajstić information content (AvgIpc) is 3.09. The zero-order valence-corrected chi connectivity index (χ0v) is 16.1. The van der Waals surface area contributed by atoms with Gasteiger partial charge in [-0.3, -0.25) is 9.69 Å². The second-order valence-electron chi connectivity index (χ2n) is 6.72. The van der Waals surface area contributed by atoms with E-state index in [1.54, 1.807) is 11.3 Å². The molecule has 1 aliphatic carbocycles. The molecule has 0 spiro atoms. The number of hydrogen-bond acceptors (Lipinski definition) is 3. The number of amides is 1. The summed E-state index contributed by atoms with van der Waals surface area (Å²) < 4.78 is 0. The Kier molecular flexibility index (Phi) is 6.27. The number of rotatable bonds is 7. The van der Waals surface area contributed by atoms with E-state index in [1.165, 1.54) is 28.8 Å². The molecule has 1 aliphatic rings. The molecule has 0 unspecified atom stereocenters. The molecule has 4 heteroatoms. The van der Waals surface area contributed by atoms with Gasteiger partial charge in [0, 0.05) is 23.3 Å². The van der Waals surface area contributed by atoms with Crippen LogP contribution in [0.1, 0.15) is 58.6 Å². The molecular formula is C21H28N2OS. The fraction of sp³-hybridized carbons (Fsp3) is 0.476. The number of aryl methyl sites for hydroxylation is 1. The smallest absolute Gasteiger partial charge is 0.252 e. The van der Waals surface area contributed by atoms with Gasteiger partial charge in [-0.15, -0.1) is 11.3 Å². The van der Waals surface area contributed by atoms with Crippen molar-refractivity contribution in [3.05, 3.63) is 56.8 Å². The number of carbonyl (C=O) groups excluding carboxylic acids is 1. The van der Waals surface area contributed by atoms with Crippen LogP contribution in [0.2, 0.25) is 0 Å². The minimum absolute atomic E-state index is 0.0756. The summed E-state index contributed by atoms with van der Waals surface area (Å²) in [7, 11) is 0. The van der Waals surface area contributed by atoms with Crippen LogP contribution < -0.4 is 5.32 Å². The molecule has 0 saturated carbocycles. The third-order valence-corrected chi connectivity index (χ3v) is 6.17. The Balaban J connectivity index is 1.56. The van der Waals surface area contributed by atoms with Gasteiger partial charge in [0.05, 0.1) is 5.56 Å². The van der Waals surface area contributed by atoms with Crippen LogP contribution in [0.4, 0.5) is 0 Å². The fourth-order valence-corrected chi connectivity index (χ4v) is 4.56. The summed E-state index contributed by atoms with van der Waals surface area (Å²) in [4.78, 5) is 16.3. The zero-order chi connectivity index (χ0) is 17.6. The topological polar surface area (TPSA) is 32.3 Å². The highest BCUT2D eigenvalue weighted by atomic mass is 32.1. The summed E-state index contributed by atoms with van der Waals surface area (Å²) in [5, 5.41) is 5.13. The molecule has 1 heterocycles. The van der Waals surface area contributed by atoms with Crippen LogP contribution >= 0.6 is 11.3 Å². The zero-order valence-electron chi connectivity index (χ0n) is 15.3. The maximum atomic E-state index is 12.5. The number of benzene rings is 1. The van der Waals surface area contributed by atoms with Gasteiger partial charge in [-0.05, 0) is 55.5 Å². The lowest BCUT2D eigenvalue weighted by Crippen LogP contribution is -2.24. The fourth-order valence-electron chi connectivity index (χ4n) is 3.43. The summed E-state index contributed by atoms with van der Waals surface area (Å²) in [5.41, 5.74) is 4.67. The summed E-state index contributed by atoms with van der Waals surface area (Å²) in [6.07, 6.45) is 4.66. The largest absolute Gasteiger partial charge is 0.348 e. The van der Waals surface area contributed by atoms with Crippen molar-refractivity contribution in [1.82, 2.24) is 10.2 Å². The minimum atomic E-state index is 0.0756. The lowest BCUT2D eigenvalue weighted by molar-refractivity contribution is 0.0950. The van der Waals surface area contributed by atoms with Gasteiger partial charge in [0.15, 0.2) is 0 Å². The van der Waals surface area contributed by atoms with Gasteiger partial charge in [-0.1, -0.05) is 38.1 Å². The summed E-state index contributed by atoms with van der Waals surface area (Å²) in [6, 6.07) is 8.60. The lowest BCUT2D eigenvalue weighted by Gasteiger charge is -2.18. The third kappa shape index (κ3) is 4.50. The average molecular weight is 357 g/mol. The Hall–Kier alpha value is -1.65. The molecule has 134 valence electrons. The molecule has 0 atom stereocenters. The molecule has 1 aromatic carbocycles. The van der Waals surface area contributed by atoms with E-state index in [9.17, 15) is 4.79 Å². The van der Waals surface area contributed by atoms with Crippen LogP contribution in [0, 0.1) is 0 Å². The lowest BCUT2D eigenvalue weighted by atomic mass is 9.95. The van der Waals surface area contributed by atoms with Gasteiger partial charge in [0.1, 0.15) is 0 Å². The number of carbonyl (C=O) groups is 1. The Morgan fingerprint density at radius 1 is 1.08 bits per heavy atom. The van der Waals surface area contributed by atoms with E-state index in [2.05, 4.69) is 48.3 Å². The van der Waals surface area contributed by atoms with Gasteiger partial charge in [0.25, 0.3) is 5.91 Å². The third-order valence-electron chi connectivity index (χ3n) is 5.08. The molecule has 0 fully saturated rings. The molecule has 0 radical (unpaired) electrons. The highest BCUT2D eigenvalue weighted by molar-refractivity contribution is 7.10. The van der Waals surface area contributed by atoms with Crippen molar-refractivity contribution in [1.29, 1.82) is 0 Å². The van der Waals surface area contributed by atoms with Crippen molar-refractivity contribution in [3.8, 4) is 0 Å². The molecule has 0 bridgehead atoms. The maximum absolute atomic E-state index is 12.5. The number of thiophene rings is 1. The van der Waals surface area contributed by atoms with Gasteiger partial charge >= 0.3 is 0 Å². The molecular weight excluding hydrogens is 328 g/mol. The molecule has 3 nitrogen and oxygen atoms in total. The molecule has 1 N–H and O–H groups in total. The summed E-state index contributed by atoms with van der Waals surface area (Å²) in [5.74, 6) is 0.0756. The normalized spacial score (nSPS) is 13.7. The Labute approximate surface area is 155 Å². The van der Waals surface area contributed by atoms with Crippen molar-refractivity contribution < 1.29 is 4.79 Å². The van der Waals surface area contributed by atoms with Crippen LogP contribution in [0.25, 0.3) is 0 Å². The van der Waals surface area contributed by atoms with Crippen LogP contribution in [0.3, 0.4) is 0 Å². The Morgan fingerprint density at radius 2 is 1.76 bits per heavy atom. The molecule has 1 amide bonds. The summed E-state index contributed by atoms with van der Waals surface area (Å²) in [6.45, 7) is 8.10. The second kappa shape index (κ2) is 8.63. The van der Waals surface area contributed by atoms with Crippen LogP contribution in [0.5, 0.6) is 0 Å². The Morgan fingerprint density at radius 3 is 2.48 bits per heavy atom. The molecule has 3 rings (SSSR count).